The lowest BCUT2D eigenvalue weighted by Gasteiger charge is -2.08. The quantitative estimate of drug-likeness (QED) is 0.707. The van der Waals surface area contributed by atoms with Crippen LogP contribution in [0.15, 0.2) is 29.3 Å². The van der Waals surface area contributed by atoms with Crippen molar-refractivity contribution in [2.75, 3.05) is 5.32 Å². The van der Waals surface area contributed by atoms with E-state index in [0.29, 0.717) is 0 Å². The number of fused-ring (bicyclic) bond motifs is 1. The SMILES string of the molecule is NC(=O)c1nsc2c(=O)n(CC(=O)Nc3ccc(Cl)cc3F)cnc12. The van der Waals surface area contributed by atoms with Gasteiger partial charge < -0.3 is 11.1 Å². The molecule has 8 nitrogen and oxygen atoms in total. The van der Waals surface area contributed by atoms with Crippen molar-refractivity contribution in [1.29, 1.82) is 0 Å². The zero-order valence-corrected chi connectivity index (χ0v) is 13.9. The van der Waals surface area contributed by atoms with Gasteiger partial charge in [0.05, 0.1) is 12.0 Å². The zero-order valence-electron chi connectivity index (χ0n) is 12.3. The molecule has 3 rings (SSSR count). The number of halogens is 2. The second kappa shape index (κ2) is 6.57. The summed E-state index contributed by atoms with van der Waals surface area (Å²) >= 11 is 6.40. The Morgan fingerprint density at radius 2 is 2.16 bits per heavy atom. The summed E-state index contributed by atoms with van der Waals surface area (Å²) in [5.41, 5.74) is 4.52. The molecule has 128 valence electrons. The van der Waals surface area contributed by atoms with Gasteiger partial charge in [0.2, 0.25) is 5.91 Å². The molecule has 1 aromatic carbocycles. The molecular formula is C14H9ClFN5O3S. The van der Waals surface area contributed by atoms with Crippen LogP contribution in [0.2, 0.25) is 5.02 Å². The van der Waals surface area contributed by atoms with E-state index in [1.165, 1.54) is 12.1 Å². The molecule has 11 heteroatoms. The molecule has 0 radical (unpaired) electrons. The van der Waals surface area contributed by atoms with Crippen LogP contribution in [0.1, 0.15) is 10.5 Å². The van der Waals surface area contributed by atoms with Gasteiger partial charge in [-0.05, 0) is 29.7 Å². The van der Waals surface area contributed by atoms with Crippen molar-refractivity contribution in [1.82, 2.24) is 13.9 Å². The highest BCUT2D eigenvalue weighted by molar-refractivity contribution is 7.13. The molecule has 3 aromatic rings. The molecule has 0 bridgehead atoms. The van der Waals surface area contributed by atoms with Crippen LogP contribution < -0.4 is 16.6 Å². The van der Waals surface area contributed by atoms with Gasteiger partial charge in [-0.15, -0.1) is 0 Å². The van der Waals surface area contributed by atoms with Crippen molar-refractivity contribution >= 4 is 50.9 Å². The number of benzene rings is 1. The number of nitrogens with zero attached hydrogens (tertiary/aromatic N) is 3. The third kappa shape index (κ3) is 3.35. The highest BCUT2D eigenvalue weighted by Gasteiger charge is 2.17. The highest BCUT2D eigenvalue weighted by atomic mass is 35.5. The predicted molar refractivity (Wildman–Crippen MR) is 90.2 cm³/mol. The molecule has 2 aromatic heterocycles. The Hall–Kier alpha value is -2.85. The molecule has 3 N–H and O–H groups in total. The minimum atomic E-state index is -0.799. The Balaban J connectivity index is 1.85. The van der Waals surface area contributed by atoms with Gasteiger partial charge in [0.25, 0.3) is 11.5 Å². The topological polar surface area (TPSA) is 120 Å². The lowest BCUT2D eigenvalue weighted by Crippen LogP contribution is -2.28. The van der Waals surface area contributed by atoms with Crippen molar-refractivity contribution < 1.29 is 14.0 Å². The monoisotopic (exact) mass is 381 g/mol. The second-order valence-electron chi connectivity index (χ2n) is 4.92. The van der Waals surface area contributed by atoms with Crippen molar-refractivity contribution in [2.24, 2.45) is 5.73 Å². The number of primary amides is 1. The maximum Gasteiger partial charge on any atom is 0.273 e. The minimum absolute atomic E-state index is 0.0645. The minimum Gasteiger partial charge on any atom is -0.364 e. The van der Waals surface area contributed by atoms with Crippen molar-refractivity contribution in [3.63, 3.8) is 0 Å². The summed E-state index contributed by atoms with van der Waals surface area (Å²) in [6, 6.07) is 3.78. The summed E-state index contributed by atoms with van der Waals surface area (Å²) < 4.78 is 18.6. The number of rotatable bonds is 4. The first-order valence-electron chi connectivity index (χ1n) is 6.76. The van der Waals surface area contributed by atoms with Crippen LogP contribution in [0, 0.1) is 5.82 Å². The largest absolute Gasteiger partial charge is 0.364 e. The highest BCUT2D eigenvalue weighted by Crippen LogP contribution is 2.19. The van der Waals surface area contributed by atoms with Crippen LogP contribution in [0.5, 0.6) is 0 Å². The Labute approximate surface area is 148 Å². The van der Waals surface area contributed by atoms with Crippen molar-refractivity contribution in [3.8, 4) is 0 Å². The second-order valence-corrected chi connectivity index (χ2v) is 6.13. The molecule has 0 fully saturated rings. The fraction of sp³-hybridized carbons (Fsp3) is 0.0714. The molecule has 0 aliphatic heterocycles. The summed E-state index contributed by atoms with van der Waals surface area (Å²) in [5, 5.41) is 2.53. The molecule has 25 heavy (non-hydrogen) atoms. The predicted octanol–water partition coefficient (Wildman–Crippen LogP) is 1.38. The third-order valence-electron chi connectivity index (χ3n) is 3.20. The van der Waals surface area contributed by atoms with Gasteiger partial charge in [-0.25, -0.2) is 9.37 Å². The van der Waals surface area contributed by atoms with Crippen LogP contribution in [0.4, 0.5) is 10.1 Å². The Bertz CT molecular complexity index is 1060. The van der Waals surface area contributed by atoms with E-state index in [0.717, 1.165) is 28.5 Å². The molecule has 0 aliphatic carbocycles. The molecule has 0 unspecified atom stereocenters. The van der Waals surface area contributed by atoms with E-state index in [9.17, 15) is 18.8 Å². The van der Waals surface area contributed by atoms with Gasteiger partial charge in [0.15, 0.2) is 5.69 Å². The van der Waals surface area contributed by atoms with E-state index in [4.69, 9.17) is 17.3 Å². The summed E-state index contributed by atoms with van der Waals surface area (Å²) in [5.74, 6) is -2.13. The Morgan fingerprint density at radius 3 is 2.84 bits per heavy atom. The molecule has 2 heterocycles. The maximum absolute atomic E-state index is 13.7. The van der Waals surface area contributed by atoms with E-state index < -0.39 is 29.7 Å². The van der Waals surface area contributed by atoms with Crippen LogP contribution in [-0.2, 0) is 11.3 Å². The van der Waals surface area contributed by atoms with Gasteiger partial charge in [0.1, 0.15) is 22.6 Å². The van der Waals surface area contributed by atoms with E-state index in [1.54, 1.807) is 0 Å². The number of carbonyl (C=O) groups excluding carboxylic acids is 2. The first-order chi connectivity index (χ1) is 11.9. The van der Waals surface area contributed by atoms with Crippen molar-refractivity contribution in [2.45, 2.75) is 6.54 Å². The number of hydrogen-bond donors (Lipinski definition) is 2. The van der Waals surface area contributed by atoms with Gasteiger partial charge in [-0.1, -0.05) is 11.6 Å². The molecule has 0 saturated heterocycles. The lowest BCUT2D eigenvalue weighted by atomic mass is 10.3. The zero-order chi connectivity index (χ0) is 18.1. The Kier molecular flexibility index (Phi) is 4.47. The number of hydrogen-bond acceptors (Lipinski definition) is 6. The Morgan fingerprint density at radius 1 is 1.40 bits per heavy atom. The van der Waals surface area contributed by atoms with Crippen LogP contribution in [0.25, 0.3) is 10.2 Å². The number of anilines is 1. The van der Waals surface area contributed by atoms with Gasteiger partial charge >= 0.3 is 0 Å². The number of carbonyl (C=O) groups is 2. The summed E-state index contributed by atoms with van der Waals surface area (Å²) in [6.07, 6.45) is 1.10. The first kappa shape index (κ1) is 17.0. The molecule has 2 amide bonds. The van der Waals surface area contributed by atoms with E-state index >= 15 is 0 Å². The van der Waals surface area contributed by atoms with Crippen molar-refractivity contribution in [3.05, 3.63) is 51.4 Å². The lowest BCUT2D eigenvalue weighted by molar-refractivity contribution is -0.116. The molecular weight excluding hydrogens is 373 g/mol. The standard InChI is InChI=1S/C14H9ClFN5O3S/c15-6-1-2-8(7(16)3-6)19-9(22)4-21-5-18-10-11(13(17)23)20-25-12(10)14(21)24/h1-3,5H,4H2,(H2,17,23)(H,19,22). The average Bonchev–Trinajstić information content (AvgIpc) is 2.98. The van der Waals surface area contributed by atoms with E-state index in [2.05, 4.69) is 14.7 Å². The average molecular weight is 382 g/mol. The van der Waals surface area contributed by atoms with Gasteiger partial charge in [0, 0.05) is 5.02 Å². The van der Waals surface area contributed by atoms with Crippen LogP contribution >= 0.6 is 23.1 Å². The van der Waals surface area contributed by atoms with E-state index in [-0.39, 0.29) is 26.6 Å². The van der Waals surface area contributed by atoms with Gasteiger partial charge in [-0.3, -0.25) is 19.0 Å². The maximum atomic E-state index is 13.7. The normalized spacial score (nSPS) is 10.8. The molecule has 0 saturated carbocycles. The first-order valence-corrected chi connectivity index (χ1v) is 7.91. The summed E-state index contributed by atoms with van der Waals surface area (Å²) in [7, 11) is 0. The number of amides is 2. The molecule has 0 atom stereocenters. The molecule has 0 spiro atoms. The fourth-order valence-corrected chi connectivity index (χ4v) is 3.01. The van der Waals surface area contributed by atoms with Gasteiger partial charge in [-0.2, -0.15) is 4.37 Å². The number of nitrogens with one attached hydrogen (secondary N) is 1. The summed E-state index contributed by atoms with van der Waals surface area (Å²) in [4.78, 5) is 39.5. The van der Waals surface area contributed by atoms with Crippen LogP contribution in [-0.4, -0.2) is 25.7 Å². The third-order valence-corrected chi connectivity index (χ3v) is 4.26. The van der Waals surface area contributed by atoms with E-state index in [1.807, 2.05) is 0 Å². The fourth-order valence-electron chi connectivity index (χ4n) is 2.07. The number of nitrogens with two attached hydrogens (primary N) is 1. The van der Waals surface area contributed by atoms with Crippen LogP contribution in [0.3, 0.4) is 0 Å². The smallest absolute Gasteiger partial charge is 0.273 e. The number of aromatic nitrogens is 3. The summed E-state index contributed by atoms with van der Waals surface area (Å²) in [6.45, 7) is -0.395. The molecule has 0 aliphatic rings.